The van der Waals surface area contributed by atoms with Gasteiger partial charge in [-0.3, -0.25) is 0 Å². The number of aliphatic carboxylic acids is 1. The third kappa shape index (κ3) is 2.93. The number of carboxylic acids is 1. The first-order valence-electron chi connectivity index (χ1n) is 8.99. The highest BCUT2D eigenvalue weighted by Gasteiger charge is 2.54. The maximum Gasteiger partial charge on any atom is 0.490 e. The minimum atomic E-state index is -5.08. The van der Waals surface area contributed by atoms with Crippen molar-refractivity contribution in [3.8, 4) is 0 Å². The van der Waals surface area contributed by atoms with E-state index in [1.54, 1.807) is 0 Å². The zero-order chi connectivity index (χ0) is 17.8. The zero-order valence-electron chi connectivity index (χ0n) is 13.9. The lowest BCUT2D eigenvalue weighted by Gasteiger charge is -2.56. The number of alkyl halides is 3. The molecule has 5 aliphatic rings. The van der Waals surface area contributed by atoms with Crippen molar-refractivity contribution < 1.29 is 23.1 Å². The minimum Gasteiger partial charge on any atom is -0.475 e. The molecule has 6 rings (SSSR count). The fraction of sp³-hybridized carbons (Fsp3) is 0.824. The van der Waals surface area contributed by atoms with E-state index in [2.05, 4.69) is 14.8 Å². The molecule has 1 aliphatic heterocycles. The van der Waals surface area contributed by atoms with Gasteiger partial charge < -0.3 is 9.67 Å². The van der Waals surface area contributed by atoms with Crippen LogP contribution in [0.3, 0.4) is 0 Å². The smallest absolute Gasteiger partial charge is 0.475 e. The number of hydrogen-bond acceptors (Lipinski definition) is 3. The first kappa shape index (κ1) is 16.8. The fourth-order valence-corrected chi connectivity index (χ4v) is 5.93. The molecule has 5 nitrogen and oxygen atoms in total. The van der Waals surface area contributed by atoms with Crippen LogP contribution in [0.15, 0.2) is 0 Å². The van der Waals surface area contributed by atoms with Crippen molar-refractivity contribution in [2.45, 2.75) is 69.5 Å². The van der Waals surface area contributed by atoms with Gasteiger partial charge in [-0.1, -0.05) is 0 Å². The minimum absolute atomic E-state index is 0.435. The molecule has 1 N–H and O–H groups in total. The van der Waals surface area contributed by atoms with Gasteiger partial charge in [-0.2, -0.15) is 13.2 Å². The lowest BCUT2D eigenvalue weighted by molar-refractivity contribution is -0.192. The van der Waals surface area contributed by atoms with Gasteiger partial charge in [0, 0.05) is 18.4 Å². The summed E-state index contributed by atoms with van der Waals surface area (Å²) in [4.78, 5) is 8.90. The maximum atomic E-state index is 10.6. The molecule has 0 atom stereocenters. The van der Waals surface area contributed by atoms with Gasteiger partial charge >= 0.3 is 12.1 Å². The molecule has 0 amide bonds. The molecular weight excluding hydrogens is 335 g/mol. The average Bonchev–Trinajstić information content (AvgIpc) is 3.07. The van der Waals surface area contributed by atoms with Crippen molar-refractivity contribution in [2.24, 2.45) is 17.8 Å². The Bertz CT molecular complexity index is 648. The van der Waals surface area contributed by atoms with E-state index in [4.69, 9.17) is 9.90 Å². The molecule has 4 saturated carbocycles. The highest BCUT2D eigenvalue weighted by Crippen LogP contribution is 2.60. The summed E-state index contributed by atoms with van der Waals surface area (Å²) in [6.07, 6.45) is 6.13. The van der Waals surface area contributed by atoms with Gasteiger partial charge in [0.05, 0.1) is 0 Å². The summed E-state index contributed by atoms with van der Waals surface area (Å²) in [5, 5.41) is 16.2. The first-order chi connectivity index (χ1) is 11.8. The summed E-state index contributed by atoms with van der Waals surface area (Å²) in [5.74, 6) is 2.91. The van der Waals surface area contributed by atoms with Gasteiger partial charge in [-0.15, -0.1) is 10.2 Å². The van der Waals surface area contributed by atoms with Gasteiger partial charge in [0.15, 0.2) is 0 Å². The molecule has 0 spiro atoms. The van der Waals surface area contributed by atoms with E-state index in [-0.39, 0.29) is 0 Å². The molecule has 25 heavy (non-hydrogen) atoms. The average molecular weight is 357 g/mol. The molecule has 2 heterocycles. The number of hydrogen-bond donors (Lipinski definition) is 1. The van der Waals surface area contributed by atoms with E-state index >= 15 is 0 Å². The summed E-state index contributed by atoms with van der Waals surface area (Å²) in [6.45, 7) is 1.18. The van der Waals surface area contributed by atoms with Gasteiger partial charge in [-0.05, 0) is 62.7 Å². The largest absolute Gasteiger partial charge is 0.490 e. The van der Waals surface area contributed by atoms with E-state index in [1.807, 2.05) is 0 Å². The zero-order valence-corrected chi connectivity index (χ0v) is 13.9. The number of fused-ring (bicyclic) bond motifs is 1. The molecule has 0 saturated heterocycles. The quantitative estimate of drug-likeness (QED) is 0.837. The summed E-state index contributed by atoms with van der Waals surface area (Å²) in [7, 11) is 0. The van der Waals surface area contributed by atoms with Crippen LogP contribution in [0.2, 0.25) is 0 Å². The van der Waals surface area contributed by atoms with Crippen molar-refractivity contribution >= 4 is 5.97 Å². The number of halogens is 3. The Morgan fingerprint density at radius 3 is 2.08 bits per heavy atom. The normalized spacial score (nSPS) is 35.2. The summed E-state index contributed by atoms with van der Waals surface area (Å²) >= 11 is 0. The van der Waals surface area contributed by atoms with Crippen molar-refractivity contribution in [3.63, 3.8) is 0 Å². The van der Waals surface area contributed by atoms with E-state index in [1.165, 1.54) is 63.1 Å². The molecule has 138 valence electrons. The fourth-order valence-electron chi connectivity index (χ4n) is 5.93. The summed E-state index contributed by atoms with van der Waals surface area (Å²) in [5.41, 5.74) is 0.435. The number of aryl methyl sites for hydroxylation is 1. The van der Waals surface area contributed by atoms with E-state index in [0.29, 0.717) is 5.41 Å². The van der Waals surface area contributed by atoms with Crippen LogP contribution < -0.4 is 0 Å². The molecule has 1 aromatic rings. The third-order valence-corrected chi connectivity index (χ3v) is 6.36. The standard InChI is InChI=1S/C15H21N3.C2HF3O2/c1-2-13-16-17-14(18(13)3-1)15-7-10-4-11(8-15)6-12(5-10)9-15;3-2(4,5)1(6)7/h10-12H,1-9H2;(H,6,7). The Balaban J connectivity index is 0.000000195. The van der Waals surface area contributed by atoms with Crippen LogP contribution >= 0.6 is 0 Å². The Hall–Kier alpha value is -1.60. The Kier molecular flexibility index (Phi) is 3.85. The first-order valence-corrected chi connectivity index (χ1v) is 8.99. The van der Waals surface area contributed by atoms with Crippen LogP contribution in [0.25, 0.3) is 0 Å². The van der Waals surface area contributed by atoms with Crippen molar-refractivity contribution in [1.29, 1.82) is 0 Å². The van der Waals surface area contributed by atoms with Gasteiger partial charge in [0.25, 0.3) is 0 Å². The van der Waals surface area contributed by atoms with Gasteiger partial charge in [-0.25, -0.2) is 4.79 Å². The SMILES string of the molecule is C1Cc2nnc(C34CC5CC(CC(C5)C3)C4)n2C1.O=C(O)C(F)(F)F. The molecule has 1 aromatic heterocycles. The van der Waals surface area contributed by atoms with E-state index < -0.39 is 12.1 Å². The molecule has 0 radical (unpaired) electrons. The van der Waals surface area contributed by atoms with E-state index in [0.717, 1.165) is 24.2 Å². The second-order valence-corrected chi connectivity index (χ2v) is 8.20. The summed E-state index contributed by atoms with van der Waals surface area (Å²) < 4.78 is 34.2. The maximum absolute atomic E-state index is 10.6. The highest BCUT2D eigenvalue weighted by molar-refractivity contribution is 5.73. The van der Waals surface area contributed by atoms with Crippen molar-refractivity contribution in [2.75, 3.05) is 0 Å². The summed E-state index contributed by atoms with van der Waals surface area (Å²) in [6, 6.07) is 0. The van der Waals surface area contributed by atoms with Gasteiger partial charge in [0.2, 0.25) is 0 Å². The van der Waals surface area contributed by atoms with E-state index in [9.17, 15) is 13.2 Å². The number of carboxylic acid groups (broad SMARTS) is 1. The second-order valence-electron chi connectivity index (χ2n) is 8.20. The lowest BCUT2D eigenvalue weighted by atomic mass is 9.49. The molecule has 8 heteroatoms. The van der Waals surface area contributed by atoms with Crippen LogP contribution in [0, 0.1) is 17.8 Å². The topological polar surface area (TPSA) is 68.0 Å². The number of nitrogens with zero attached hydrogens (tertiary/aromatic N) is 3. The Morgan fingerprint density at radius 1 is 1.08 bits per heavy atom. The second kappa shape index (κ2) is 5.71. The van der Waals surface area contributed by atoms with Gasteiger partial charge in [0.1, 0.15) is 11.6 Å². The predicted molar refractivity (Wildman–Crippen MR) is 81.9 cm³/mol. The highest BCUT2D eigenvalue weighted by atomic mass is 19.4. The molecule has 0 unspecified atom stereocenters. The van der Waals surface area contributed by atoms with Crippen LogP contribution in [-0.4, -0.2) is 32.0 Å². The predicted octanol–water partition coefficient (Wildman–Crippen LogP) is 3.33. The molecule has 0 aromatic carbocycles. The van der Waals surface area contributed by atoms with Crippen molar-refractivity contribution in [1.82, 2.24) is 14.8 Å². The molecule has 4 aliphatic carbocycles. The van der Waals surface area contributed by atoms with Crippen molar-refractivity contribution in [3.05, 3.63) is 11.6 Å². The molecule has 4 fully saturated rings. The number of aromatic nitrogens is 3. The van der Waals surface area contributed by atoms with Crippen LogP contribution in [0.4, 0.5) is 13.2 Å². The van der Waals surface area contributed by atoms with Crippen LogP contribution in [-0.2, 0) is 23.2 Å². The molecule has 4 bridgehead atoms. The monoisotopic (exact) mass is 357 g/mol. The van der Waals surface area contributed by atoms with Crippen LogP contribution in [0.5, 0.6) is 0 Å². The lowest BCUT2D eigenvalue weighted by Crippen LogP contribution is -2.49. The van der Waals surface area contributed by atoms with Crippen LogP contribution in [0.1, 0.15) is 56.6 Å². The molecular formula is C17H22F3N3O2. The Labute approximate surface area is 143 Å². The Morgan fingerprint density at radius 2 is 1.60 bits per heavy atom. The third-order valence-electron chi connectivity index (χ3n) is 6.36. The number of carbonyl (C=O) groups is 1. The number of rotatable bonds is 1.